The van der Waals surface area contributed by atoms with E-state index in [0.717, 1.165) is 24.7 Å². The molecule has 0 aromatic heterocycles. The summed E-state index contributed by atoms with van der Waals surface area (Å²) in [5, 5.41) is 3.77. The molecule has 116 valence electrons. The molecule has 2 heteroatoms. The van der Waals surface area contributed by atoms with Crippen molar-refractivity contribution in [2.24, 2.45) is 0 Å². The molecule has 0 saturated carbocycles. The highest BCUT2D eigenvalue weighted by Gasteiger charge is 2.37. The number of nitrogens with zero attached hydrogens (tertiary/aromatic N) is 1. The maximum atomic E-state index is 3.77. The maximum absolute atomic E-state index is 3.77. The van der Waals surface area contributed by atoms with Gasteiger partial charge in [-0.15, -0.1) is 0 Å². The molecule has 1 aromatic rings. The Bertz CT molecular complexity index is 443. The fraction of sp³-hybridized carbons (Fsp3) is 0.684. The van der Waals surface area contributed by atoms with Crippen molar-refractivity contribution in [3.05, 3.63) is 35.4 Å². The smallest absolute Gasteiger partial charge is 0.0239 e. The average Bonchev–Trinajstić information content (AvgIpc) is 2.45. The van der Waals surface area contributed by atoms with Crippen LogP contribution in [-0.2, 0) is 6.54 Å². The largest absolute Gasteiger partial charge is 0.314 e. The van der Waals surface area contributed by atoms with Gasteiger partial charge in [0.15, 0.2) is 0 Å². The molecule has 2 aliphatic rings. The van der Waals surface area contributed by atoms with Crippen LogP contribution in [0.3, 0.4) is 0 Å². The van der Waals surface area contributed by atoms with Gasteiger partial charge in [-0.3, -0.25) is 4.90 Å². The lowest BCUT2D eigenvalue weighted by Gasteiger charge is -2.49. The molecule has 0 spiro atoms. The summed E-state index contributed by atoms with van der Waals surface area (Å²) < 4.78 is 0. The third-order valence-electron chi connectivity index (χ3n) is 5.26. The van der Waals surface area contributed by atoms with Gasteiger partial charge in [0.25, 0.3) is 0 Å². The molecular formula is C19H30N2. The Balaban J connectivity index is 1.66. The molecule has 3 rings (SSSR count). The SMILES string of the molecule is CCCNC1CC2CCCC(C1)N2Cc1cccc(C)c1. The number of benzene rings is 1. The number of hydrogen-bond donors (Lipinski definition) is 1. The summed E-state index contributed by atoms with van der Waals surface area (Å²) in [6.45, 7) is 6.80. The van der Waals surface area contributed by atoms with Gasteiger partial charge in [0.05, 0.1) is 0 Å². The molecule has 1 N–H and O–H groups in total. The first-order valence-corrected chi connectivity index (χ1v) is 8.81. The molecular weight excluding hydrogens is 256 g/mol. The third-order valence-corrected chi connectivity index (χ3v) is 5.26. The minimum absolute atomic E-state index is 0.758. The highest BCUT2D eigenvalue weighted by molar-refractivity contribution is 5.22. The highest BCUT2D eigenvalue weighted by Crippen LogP contribution is 2.35. The minimum Gasteiger partial charge on any atom is -0.314 e. The van der Waals surface area contributed by atoms with E-state index < -0.39 is 0 Å². The van der Waals surface area contributed by atoms with Gasteiger partial charge in [0.2, 0.25) is 0 Å². The van der Waals surface area contributed by atoms with E-state index in [1.165, 1.54) is 56.2 Å². The summed E-state index contributed by atoms with van der Waals surface area (Å²) in [6, 6.07) is 11.4. The molecule has 0 aliphatic carbocycles. The lowest BCUT2D eigenvalue weighted by atomic mass is 9.81. The van der Waals surface area contributed by atoms with E-state index in [4.69, 9.17) is 0 Å². The Labute approximate surface area is 129 Å². The first kappa shape index (κ1) is 15.1. The Morgan fingerprint density at radius 1 is 1.19 bits per heavy atom. The number of fused-ring (bicyclic) bond motifs is 2. The minimum atomic E-state index is 0.758. The van der Waals surface area contributed by atoms with Crippen molar-refractivity contribution in [1.29, 1.82) is 0 Å². The molecule has 2 unspecified atom stereocenters. The van der Waals surface area contributed by atoms with Gasteiger partial charge < -0.3 is 5.32 Å². The fourth-order valence-corrected chi connectivity index (χ4v) is 4.27. The van der Waals surface area contributed by atoms with Crippen molar-refractivity contribution in [2.75, 3.05) is 6.54 Å². The van der Waals surface area contributed by atoms with Crippen molar-refractivity contribution in [3.8, 4) is 0 Å². The van der Waals surface area contributed by atoms with Crippen molar-refractivity contribution in [2.45, 2.75) is 77.0 Å². The van der Waals surface area contributed by atoms with E-state index in [1.54, 1.807) is 0 Å². The molecule has 2 saturated heterocycles. The Morgan fingerprint density at radius 3 is 2.62 bits per heavy atom. The van der Waals surface area contributed by atoms with Crippen LogP contribution in [0.2, 0.25) is 0 Å². The zero-order valence-corrected chi connectivity index (χ0v) is 13.6. The lowest BCUT2D eigenvalue weighted by Crippen LogP contribution is -2.55. The van der Waals surface area contributed by atoms with Crippen LogP contribution in [0.5, 0.6) is 0 Å². The second-order valence-electron chi connectivity index (χ2n) is 7.02. The molecule has 0 amide bonds. The summed E-state index contributed by atoms with van der Waals surface area (Å²) in [4.78, 5) is 2.81. The van der Waals surface area contributed by atoms with E-state index in [1.807, 2.05) is 0 Å². The standard InChI is InChI=1S/C19H30N2/c1-3-10-20-17-12-18-8-5-9-19(13-17)21(18)14-16-7-4-6-15(2)11-16/h4,6-7,11,17-20H,3,5,8-10,12-14H2,1-2H3. The Kier molecular flexibility index (Phi) is 4.97. The summed E-state index contributed by atoms with van der Waals surface area (Å²) in [7, 11) is 0. The molecule has 21 heavy (non-hydrogen) atoms. The van der Waals surface area contributed by atoms with Crippen LogP contribution in [0.1, 0.15) is 56.6 Å². The molecule has 2 atom stereocenters. The first-order chi connectivity index (χ1) is 10.3. The van der Waals surface area contributed by atoms with E-state index in [9.17, 15) is 0 Å². The molecule has 2 aliphatic heterocycles. The van der Waals surface area contributed by atoms with Crippen LogP contribution in [0.25, 0.3) is 0 Å². The lowest BCUT2D eigenvalue weighted by molar-refractivity contribution is 0.0177. The van der Waals surface area contributed by atoms with Gasteiger partial charge in [0, 0.05) is 24.7 Å². The van der Waals surface area contributed by atoms with Crippen LogP contribution in [0.15, 0.2) is 24.3 Å². The predicted molar refractivity (Wildman–Crippen MR) is 89.5 cm³/mol. The van der Waals surface area contributed by atoms with Crippen LogP contribution in [0, 0.1) is 6.92 Å². The van der Waals surface area contributed by atoms with E-state index in [0.29, 0.717) is 0 Å². The molecule has 1 aromatic carbocycles. The molecule has 2 bridgehead atoms. The molecule has 0 radical (unpaired) electrons. The normalized spacial score (nSPS) is 29.5. The Morgan fingerprint density at radius 2 is 1.95 bits per heavy atom. The number of aryl methyl sites for hydroxylation is 1. The summed E-state index contributed by atoms with van der Waals surface area (Å²) in [5.41, 5.74) is 2.88. The van der Waals surface area contributed by atoms with Gasteiger partial charge in [-0.2, -0.15) is 0 Å². The maximum Gasteiger partial charge on any atom is 0.0239 e. The predicted octanol–water partition coefficient (Wildman–Crippen LogP) is 3.88. The van der Waals surface area contributed by atoms with Crippen molar-refractivity contribution < 1.29 is 0 Å². The van der Waals surface area contributed by atoms with Crippen molar-refractivity contribution in [3.63, 3.8) is 0 Å². The van der Waals surface area contributed by atoms with E-state index >= 15 is 0 Å². The van der Waals surface area contributed by atoms with Crippen molar-refractivity contribution >= 4 is 0 Å². The number of piperidine rings is 2. The van der Waals surface area contributed by atoms with Crippen molar-refractivity contribution in [1.82, 2.24) is 10.2 Å². The van der Waals surface area contributed by atoms with Crippen LogP contribution >= 0.6 is 0 Å². The zero-order valence-electron chi connectivity index (χ0n) is 13.6. The first-order valence-electron chi connectivity index (χ1n) is 8.81. The second-order valence-corrected chi connectivity index (χ2v) is 7.02. The van der Waals surface area contributed by atoms with E-state index in [-0.39, 0.29) is 0 Å². The van der Waals surface area contributed by atoms with Gasteiger partial charge >= 0.3 is 0 Å². The quantitative estimate of drug-likeness (QED) is 0.883. The van der Waals surface area contributed by atoms with Gasteiger partial charge in [-0.1, -0.05) is 43.2 Å². The highest BCUT2D eigenvalue weighted by atomic mass is 15.2. The topological polar surface area (TPSA) is 15.3 Å². The van der Waals surface area contributed by atoms with Crippen LogP contribution in [-0.4, -0.2) is 29.6 Å². The Hall–Kier alpha value is -0.860. The molecule has 2 nitrogen and oxygen atoms in total. The fourth-order valence-electron chi connectivity index (χ4n) is 4.27. The monoisotopic (exact) mass is 286 g/mol. The summed E-state index contributed by atoms with van der Waals surface area (Å²) in [6.07, 6.45) is 8.17. The summed E-state index contributed by atoms with van der Waals surface area (Å²) in [5.74, 6) is 0. The second kappa shape index (κ2) is 6.93. The van der Waals surface area contributed by atoms with Gasteiger partial charge in [-0.05, 0) is 51.1 Å². The average molecular weight is 286 g/mol. The van der Waals surface area contributed by atoms with Gasteiger partial charge in [0.1, 0.15) is 0 Å². The zero-order chi connectivity index (χ0) is 14.7. The van der Waals surface area contributed by atoms with Crippen LogP contribution < -0.4 is 5.32 Å². The van der Waals surface area contributed by atoms with Crippen LogP contribution in [0.4, 0.5) is 0 Å². The van der Waals surface area contributed by atoms with E-state index in [2.05, 4.69) is 48.3 Å². The molecule has 2 heterocycles. The number of rotatable bonds is 5. The summed E-state index contributed by atoms with van der Waals surface area (Å²) >= 11 is 0. The van der Waals surface area contributed by atoms with Gasteiger partial charge in [-0.25, -0.2) is 0 Å². The number of hydrogen-bond acceptors (Lipinski definition) is 2. The third kappa shape index (κ3) is 3.67. The number of nitrogens with one attached hydrogen (secondary N) is 1. The molecule has 2 fully saturated rings.